The van der Waals surface area contributed by atoms with E-state index < -0.39 is 0 Å². The summed E-state index contributed by atoms with van der Waals surface area (Å²) in [4.78, 5) is 0. The Balaban J connectivity index is 1.97. The summed E-state index contributed by atoms with van der Waals surface area (Å²) in [6, 6.07) is 14.0. The number of fused-ring (bicyclic) bond motifs is 1. The van der Waals surface area contributed by atoms with Crippen LogP contribution in [0.4, 0.5) is 5.82 Å². The third-order valence-electron chi connectivity index (χ3n) is 4.89. The Kier molecular flexibility index (Phi) is 4.60. The maximum absolute atomic E-state index is 6.27. The van der Waals surface area contributed by atoms with Gasteiger partial charge in [0.15, 0.2) is 0 Å². The van der Waals surface area contributed by atoms with Crippen LogP contribution < -0.4 is 10.1 Å². The summed E-state index contributed by atoms with van der Waals surface area (Å²) in [5.74, 6) is 1.90. The minimum Gasteiger partial charge on any atom is -0.496 e. The monoisotopic (exact) mass is 367 g/mol. The number of halogens is 1. The highest BCUT2D eigenvalue weighted by Crippen LogP contribution is 2.38. The summed E-state index contributed by atoms with van der Waals surface area (Å²) in [7, 11) is 1.70. The van der Waals surface area contributed by atoms with Gasteiger partial charge in [-0.3, -0.25) is 0 Å². The van der Waals surface area contributed by atoms with Crippen molar-refractivity contribution in [1.82, 2.24) is 9.78 Å². The van der Waals surface area contributed by atoms with Crippen LogP contribution in [0.3, 0.4) is 0 Å². The predicted octanol–water partition coefficient (Wildman–Crippen LogP) is 5.26. The van der Waals surface area contributed by atoms with E-state index in [4.69, 9.17) is 21.4 Å². The van der Waals surface area contributed by atoms with Gasteiger partial charge < -0.3 is 10.1 Å². The van der Waals surface area contributed by atoms with Crippen LogP contribution in [0.1, 0.15) is 24.0 Å². The second kappa shape index (κ2) is 7.04. The minimum absolute atomic E-state index is 0.710. The standard InChI is InChI=1S/C21H22ClN3O/c1-14-10-11-15(22)13-18(14)25-21-17(8-5-6-12-23-21)20(24-25)16-7-3-4-9-19(16)26-2/h3-4,7,9-11,13,23H,5-6,8,12H2,1-2H3. The van der Waals surface area contributed by atoms with Crippen LogP contribution in [0, 0.1) is 6.92 Å². The Morgan fingerprint density at radius 3 is 2.85 bits per heavy atom. The van der Waals surface area contributed by atoms with E-state index in [1.807, 2.05) is 41.1 Å². The van der Waals surface area contributed by atoms with Crippen molar-refractivity contribution in [2.24, 2.45) is 0 Å². The number of aryl methyl sites for hydroxylation is 1. The first-order valence-electron chi connectivity index (χ1n) is 8.94. The largest absolute Gasteiger partial charge is 0.496 e. The molecule has 0 fully saturated rings. The third kappa shape index (κ3) is 2.95. The third-order valence-corrected chi connectivity index (χ3v) is 5.13. The average Bonchev–Trinajstić information content (AvgIpc) is 2.84. The van der Waals surface area contributed by atoms with Gasteiger partial charge in [0.05, 0.1) is 12.8 Å². The number of methoxy groups -OCH3 is 1. The Morgan fingerprint density at radius 2 is 2.00 bits per heavy atom. The predicted molar refractivity (Wildman–Crippen MR) is 107 cm³/mol. The summed E-state index contributed by atoms with van der Waals surface area (Å²) in [6.45, 7) is 3.03. The molecule has 0 radical (unpaired) electrons. The van der Waals surface area contributed by atoms with Crippen LogP contribution in [0.5, 0.6) is 5.75 Å². The molecular formula is C21H22ClN3O. The molecule has 0 spiro atoms. The quantitative estimate of drug-likeness (QED) is 0.686. The zero-order valence-corrected chi connectivity index (χ0v) is 15.8. The molecule has 26 heavy (non-hydrogen) atoms. The lowest BCUT2D eigenvalue weighted by atomic mass is 10.0. The summed E-state index contributed by atoms with van der Waals surface area (Å²) < 4.78 is 7.59. The molecule has 0 saturated heterocycles. The molecule has 3 aromatic rings. The van der Waals surface area contributed by atoms with Gasteiger partial charge in [0.25, 0.3) is 0 Å². The Morgan fingerprint density at radius 1 is 1.15 bits per heavy atom. The van der Waals surface area contributed by atoms with Crippen LogP contribution in [0.15, 0.2) is 42.5 Å². The molecular weight excluding hydrogens is 346 g/mol. The molecule has 0 saturated carbocycles. The number of hydrogen-bond donors (Lipinski definition) is 1. The number of para-hydroxylation sites is 1. The molecule has 1 aromatic heterocycles. The highest BCUT2D eigenvalue weighted by atomic mass is 35.5. The molecule has 4 nitrogen and oxygen atoms in total. The summed E-state index contributed by atoms with van der Waals surface area (Å²) >= 11 is 6.27. The molecule has 0 atom stereocenters. The molecule has 2 aromatic carbocycles. The van der Waals surface area contributed by atoms with E-state index in [2.05, 4.69) is 18.3 Å². The molecule has 5 heteroatoms. The lowest BCUT2D eigenvalue weighted by molar-refractivity contribution is 0.416. The second-order valence-corrected chi connectivity index (χ2v) is 7.04. The van der Waals surface area contributed by atoms with E-state index in [0.717, 1.165) is 59.9 Å². The van der Waals surface area contributed by atoms with Crippen molar-refractivity contribution in [3.63, 3.8) is 0 Å². The van der Waals surface area contributed by atoms with Crippen molar-refractivity contribution in [3.8, 4) is 22.7 Å². The molecule has 0 aliphatic carbocycles. The second-order valence-electron chi connectivity index (χ2n) is 6.60. The van der Waals surface area contributed by atoms with Gasteiger partial charge in [0.2, 0.25) is 0 Å². The average molecular weight is 368 g/mol. The van der Waals surface area contributed by atoms with E-state index in [9.17, 15) is 0 Å². The Hall–Kier alpha value is -2.46. The normalized spacial score (nSPS) is 13.7. The van der Waals surface area contributed by atoms with E-state index in [1.54, 1.807) is 7.11 Å². The van der Waals surface area contributed by atoms with E-state index in [-0.39, 0.29) is 0 Å². The van der Waals surface area contributed by atoms with Crippen LogP contribution in [-0.2, 0) is 6.42 Å². The summed E-state index contributed by atoms with van der Waals surface area (Å²) in [5.41, 5.74) is 5.38. The van der Waals surface area contributed by atoms with E-state index >= 15 is 0 Å². The SMILES string of the molecule is COc1ccccc1-c1nn(-c2cc(Cl)ccc2C)c2c1CCCCN2. The fourth-order valence-electron chi connectivity index (χ4n) is 3.54. The lowest BCUT2D eigenvalue weighted by Crippen LogP contribution is -2.08. The zero-order valence-electron chi connectivity index (χ0n) is 15.1. The van der Waals surface area contributed by atoms with Gasteiger partial charge in [0.1, 0.15) is 17.3 Å². The van der Waals surface area contributed by atoms with Crippen LogP contribution >= 0.6 is 11.6 Å². The number of hydrogen-bond acceptors (Lipinski definition) is 3. The number of ether oxygens (including phenoxy) is 1. The molecule has 1 aliphatic heterocycles. The highest BCUT2D eigenvalue weighted by molar-refractivity contribution is 6.30. The molecule has 134 valence electrons. The zero-order chi connectivity index (χ0) is 18.1. The summed E-state index contributed by atoms with van der Waals surface area (Å²) in [6.07, 6.45) is 3.28. The number of nitrogens with zero attached hydrogens (tertiary/aromatic N) is 2. The van der Waals surface area contributed by atoms with Gasteiger partial charge in [-0.05, 0) is 56.0 Å². The van der Waals surface area contributed by atoms with Gasteiger partial charge in [-0.25, -0.2) is 4.68 Å². The molecule has 1 N–H and O–H groups in total. The number of benzene rings is 2. The van der Waals surface area contributed by atoms with Gasteiger partial charge in [-0.15, -0.1) is 0 Å². The molecule has 1 aliphatic rings. The van der Waals surface area contributed by atoms with Crippen molar-refractivity contribution in [1.29, 1.82) is 0 Å². The number of rotatable bonds is 3. The van der Waals surface area contributed by atoms with Crippen molar-refractivity contribution in [2.45, 2.75) is 26.2 Å². The van der Waals surface area contributed by atoms with Crippen LogP contribution in [0.2, 0.25) is 5.02 Å². The number of nitrogens with one attached hydrogen (secondary N) is 1. The topological polar surface area (TPSA) is 39.1 Å². The Labute approximate surface area is 158 Å². The van der Waals surface area contributed by atoms with Crippen molar-refractivity contribution in [3.05, 3.63) is 58.6 Å². The van der Waals surface area contributed by atoms with Crippen molar-refractivity contribution >= 4 is 17.4 Å². The Bertz CT molecular complexity index is 948. The van der Waals surface area contributed by atoms with E-state index in [1.165, 1.54) is 5.56 Å². The first-order chi connectivity index (χ1) is 12.7. The van der Waals surface area contributed by atoms with Gasteiger partial charge in [-0.2, -0.15) is 5.10 Å². The molecule has 2 heterocycles. The fraction of sp³-hybridized carbons (Fsp3) is 0.286. The smallest absolute Gasteiger partial charge is 0.133 e. The first-order valence-corrected chi connectivity index (χ1v) is 9.32. The number of anilines is 1. The molecule has 0 unspecified atom stereocenters. The maximum atomic E-state index is 6.27. The fourth-order valence-corrected chi connectivity index (χ4v) is 3.71. The van der Waals surface area contributed by atoms with E-state index in [0.29, 0.717) is 5.02 Å². The first kappa shape index (κ1) is 17.0. The molecule has 0 bridgehead atoms. The molecule has 0 amide bonds. The lowest BCUT2D eigenvalue weighted by Gasteiger charge is -2.12. The highest BCUT2D eigenvalue weighted by Gasteiger charge is 2.24. The minimum atomic E-state index is 0.710. The molecule has 4 rings (SSSR count). The van der Waals surface area contributed by atoms with Crippen LogP contribution in [-0.4, -0.2) is 23.4 Å². The number of aromatic nitrogens is 2. The van der Waals surface area contributed by atoms with Crippen LogP contribution in [0.25, 0.3) is 16.9 Å². The van der Waals surface area contributed by atoms with Crippen molar-refractivity contribution < 1.29 is 4.74 Å². The maximum Gasteiger partial charge on any atom is 0.133 e. The van der Waals surface area contributed by atoms with Crippen molar-refractivity contribution in [2.75, 3.05) is 19.0 Å². The van der Waals surface area contributed by atoms with Gasteiger partial charge in [0, 0.05) is 22.7 Å². The van der Waals surface area contributed by atoms with Gasteiger partial charge >= 0.3 is 0 Å². The summed E-state index contributed by atoms with van der Waals surface area (Å²) in [5, 5.41) is 9.29. The van der Waals surface area contributed by atoms with Gasteiger partial charge in [-0.1, -0.05) is 29.8 Å².